The number of carboxylic acids is 1. The van der Waals surface area contributed by atoms with Crippen LogP contribution in [0.3, 0.4) is 0 Å². The van der Waals surface area contributed by atoms with Crippen molar-refractivity contribution in [2.45, 2.75) is 39.3 Å². The summed E-state index contributed by atoms with van der Waals surface area (Å²) in [4.78, 5) is 11.1. The van der Waals surface area contributed by atoms with Gasteiger partial charge in [-0.25, -0.2) is 0 Å². The molecule has 4 heteroatoms. The highest BCUT2D eigenvalue weighted by Crippen LogP contribution is 2.22. The Kier molecular flexibility index (Phi) is 5.17. The van der Waals surface area contributed by atoms with Crippen LogP contribution in [0.15, 0.2) is 40.8 Å². The third kappa shape index (κ3) is 4.20. The lowest BCUT2D eigenvalue weighted by molar-refractivity contribution is -0.139. The average Bonchev–Trinajstić information content (AvgIpc) is 2.92. The molecule has 1 unspecified atom stereocenters. The van der Waals surface area contributed by atoms with Gasteiger partial charge < -0.3 is 9.52 Å². The molecule has 1 aromatic heterocycles. The number of carbonyl (C=O) groups is 1. The molecule has 1 aromatic carbocycles. The Morgan fingerprint density at radius 2 is 1.95 bits per heavy atom. The number of aryl methyl sites for hydroxylation is 1. The summed E-state index contributed by atoms with van der Waals surface area (Å²) >= 11 is 0. The minimum Gasteiger partial charge on any atom is -0.480 e. The normalized spacial score (nSPS) is 12.3. The summed E-state index contributed by atoms with van der Waals surface area (Å²) in [7, 11) is 0. The third-order valence-electron chi connectivity index (χ3n) is 3.40. The zero-order chi connectivity index (χ0) is 15.2. The molecule has 21 heavy (non-hydrogen) atoms. The third-order valence-corrected chi connectivity index (χ3v) is 3.40. The number of benzene rings is 1. The van der Waals surface area contributed by atoms with Crippen LogP contribution in [0.1, 0.15) is 31.1 Å². The molecule has 0 bridgehead atoms. The summed E-state index contributed by atoms with van der Waals surface area (Å²) in [6, 6.07) is 11.4. The summed E-state index contributed by atoms with van der Waals surface area (Å²) in [6.45, 7) is 4.43. The highest BCUT2D eigenvalue weighted by molar-refractivity contribution is 5.73. The lowest BCUT2D eigenvalue weighted by atomic mass is 10.1. The van der Waals surface area contributed by atoms with Crippen LogP contribution in [0, 0.1) is 6.92 Å². The first-order valence-electron chi connectivity index (χ1n) is 7.22. The monoisotopic (exact) mass is 287 g/mol. The molecule has 0 spiro atoms. The second-order valence-electron chi connectivity index (χ2n) is 5.19. The number of hydrogen-bond donors (Lipinski definition) is 2. The molecule has 0 aliphatic carbocycles. The first-order chi connectivity index (χ1) is 10.1. The van der Waals surface area contributed by atoms with E-state index in [0.717, 1.165) is 23.5 Å². The van der Waals surface area contributed by atoms with E-state index in [9.17, 15) is 4.79 Å². The Balaban J connectivity index is 2.00. The molecule has 1 atom stereocenters. The molecular formula is C17H21NO3. The smallest absolute Gasteiger partial charge is 0.320 e. The van der Waals surface area contributed by atoms with E-state index in [1.165, 1.54) is 5.56 Å². The zero-order valence-electron chi connectivity index (χ0n) is 12.4. The molecule has 0 radical (unpaired) electrons. The van der Waals surface area contributed by atoms with Gasteiger partial charge >= 0.3 is 5.97 Å². The van der Waals surface area contributed by atoms with Crippen molar-refractivity contribution >= 4 is 5.97 Å². The van der Waals surface area contributed by atoms with Crippen LogP contribution in [0.2, 0.25) is 0 Å². The van der Waals surface area contributed by atoms with Gasteiger partial charge in [0.15, 0.2) is 0 Å². The highest BCUT2D eigenvalue weighted by atomic mass is 16.4. The fourth-order valence-electron chi connectivity index (χ4n) is 2.17. The maximum atomic E-state index is 11.1. The average molecular weight is 287 g/mol. The molecule has 0 aliphatic heterocycles. The first-order valence-corrected chi connectivity index (χ1v) is 7.22. The number of nitrogens with one attached hydrogen (secondary N) is 1. The fourth-order valence-corrected chi connectivity index (χ4v) is 2.17. The number of aliphatic carboxylic acids is 1. The summed E-state index contributed by atoms with van der Waals surface area (Å²) in [6.07, 6.45) is 1.44. The molecule has 2 rings (SSSR count). The molecule has 0 saturated heterocycles. The Morgan fingerprint density at radius 3 is 2.57 bits per heavy atom. The molecule has 0 fully saturated rings. The van der Waals surface area contributed by atoms with Crippen LogP contribution in [0.25, 0.3) is 11.3 Å². The SMILES string of the molecule is CCCC(NCc1ccc(-c2ccc(C)cc2)o1)C(=O)O. The van der Waals surface area contributed by atoms with E-state index in [1.807, 2.05) is 50.2 Å². The van der Waals surface area contributed by atoms with Gasteiger partial charge in [0.1, 0.15) is 17.6 Å². The standard InChI is InChI=1S/C17H21NO3/c1-3-4-15(17(19)20)18-11-14-9-10-16(21-14)13-7-5-12(2)6-8-13/h5-10,15,18H,3-4,11H2,1-2H3,(H,19,20). The van der Waals surface area contributed by atoms with Gasteiger partial charge in [-0.15, -0.1) is 0 Å². The Bertz CT molecular complexity index is 586. The Hall–Kier alpha value is -2.07. The predicted octanol–water partition coefficient (Wildman–Crippen LogP) is 3.60. The summed E-state index contributed by atoms with van der Waals surface area (Å²) < 4.78 is 5.76. The van der Waals surface area contributed by atoms with Gasteiger partial charge in [-0.1, -0.05) is 43.2 Å². The summed E-state index contributed by atoms with van der Waals surface area (Å²) in [5.74, 6) is 0.726. The van der Waals surface area contributed by atoms with Crippen LogP contribution in [-0.2, 0) is 11.3 Å². The van der Waals surface area contributed by atoms with Crippen molar-refractivity contribution in [3.05, 3.63) is 47.7 Å². The summed E-state index contributed by atoms with van der Waals surface area (Å²) in [5, 5.41) is 12.1. The van der Waals surface area contributed by atoms with E-state index in [1.54, 1.807) is 0 Å². The quantitative estimate of drug-likeness (QED) is 0.816. The lowest BCUT2D eigenvalue weighted by Crippen LogP contribution is -2.35. The minimum atomic E-state index is -0.817. The second kappa shape index (κ2) is 7.09. The van der Waals surface area contributed by atoms with E-state index in [4.69, 9.17) is 9.52 Å². The van der Waals surface area contributed by atoms with Crippen molar-refractivity contribution in [2.24, 2.45) is 0 Å². The van der Waals surface area contributed by atoms with Crippen molar-refractivity contribution in [3.63, 3.8) is 0 Å². The molecular weight excluding hydrogens is 266 g/mol. The van der Waals surface area contributed by atoms with Gasteiger partial charge in [0.2, 0.25) is 0 Å². The lowest BCUT2D eigenvalue weighted by Gasteiger charge is -2.11. The van der Waals surface area contributed by atoms with Gasteiger partial charge in [-0.2, -0.15) is 0 Å². The van der Waals surface area contributed by atoms with Crippen molar-refractivity contribution in [1.29, 1.82) is 0 Å². The van der Waals surface area contributed by atoms with E-state index in [2.05, 4.69) is 5.32 Å². The molecule has 112 valence electrons. The molecule has 0 aliphatic rings. The van der Waals surface area contributed by atoms with E-state index in [-0.39, 0.29) is 0 Å². The van der Waals surface area contributed by atoms with Crippen LogP contribution >= 0.6 is 0 Å². The summed E-state index contributed by atoms with van der Waals surface area (Å²) in [5.41, 5.74) is 2.23. The predicted molar refractivity (Wildman–Crippen MR) is 82.1 cm³/mol. The molecule has 0 saturated carbocycles. The highest BCUT2D eigenvalue weighted by Gasteiger charge is 2.16. The number of carboxylic acid groups (broad SMARTS) is 1. The van der Waals surface area contributed by atoms with Crippen LogP contribution in [0.5, 0.6) is 0 Å². The maximum Gasteiger partial charge on any atom is 0.320 e. The van der Waals surface area contributed by atoms with Crippen molar-refractivity contribution in [1.82, 2.24) is 5.32 Å². The van der Waals surface area contributed by atoms with Crippen molar-refractivity contribution in [2.75, 3.05) is 0 Å². The number of furan rings is 1. The van der Waals surface area contributed by atoms with Gasteiger partial charge in [0.05, 0.1) is 6.54 Å². The molecule has 0 amide bonds. The van der Waals surface area contributed by atoms with Crippen LogP contribution in [-0.4, -0.2) is 17.1 Å². The van der Waals surface area contributed by atoms with Gasteiger partial charge in [-0.05, 0) is 25.5 Å². The van der Waals surface area contributed by atoms with Crippen molar-refractivity contribution in [3.8, 4) is 11.3 Å². The van der Waals surface area contributed by atoms with Gasteiger partial charge in [0, 0.05) is 5.56 Å². The van der Waals surface area contributed by atoms with E-state index >= 15 is 0 Å². The van der Waals surface area contributed by atoms with Crippen LogP contribution < -0.4 is 5.32 Å². The number of rotatable bonds is 7. The topological polar surface area (TPSA) is 62.5 Å². The van der Waals surface area contributed by atoms with Crippen LogP contribution in [0.4, 0.5) is 0 Å². The van der Waals surface area contributed by atoms with Gasteiger partial charge in [-0.3, -0.25) is 10.1 Å². The Morgan fingerprint density at radius 1 is 1.24 bits per heavy atom. The zero-order valence-corrected chi connectivity index (χ0v) is 12.4. The number of hydrogen-bond acceptors (Lipinski definition) is 3. The Labute approximate surface area is 124 Å². The fraction of sp³-hybridized carbons (Fsp3) is 0.353. The molecule has 2 aromatic rings. The minimum absolute atomic E-state index is 0.419. The first kappa shape index (κ1) is 15.3. The van der Waals surface area contributed by atoms with E-state index in [0.29, 0.717) is 13.0 Å². The second-order valence-corrected chi connectivity index (χ2v) is 5.19. The molecule has 1 heterocycles. The molecule has 4 nitrogen and oxygen atoms in total. The maximum absolute atomic E-state index is 11.1. The van der Waals surface area contributed by atoms with E-state index < -0.39 is 12.0 Å². The molecule has 2 N–H and O–H groups in total. The van der Waals surface area contributed by atoms with Crippen molar-refractivity contribution < 1.29 is 14.3 Å². The van der Waals surface area contributed by atoms with Gasteiger partial charge in [0.25, 0.3) is 0 Å². The largest absolute Gasteiger partial charge is 0.480 e.